The number of aliphatic hydroxyl groups is 1. The predicted octanol–water partition coefficient (Wildman–Crippen LogP) is 0.239. The molecule has 0 saturated carbocycles. The molecule has 1 aromatic heterocycles. The average molecular weight is 254 g/mol. The molecule has 0 aliphatic heterocycles. The molecule has 18 heavy (non-hydrogen) atoms. The van der Waals surface area contributed by atoms with E-state index in [9.17, 15) is 9.59 Å². The van der Waals surface area contributed by atoms with Gasteiger partial charge in [0.05, 0.1) is 18.9 Å². The Balaban J connectivity index is 2.29. The Labute approximate surface area is 106 Å². The summed E-state index contributed by atoms with van der Waals surface area (Å²) in [5.41, 5.74) is 0. The van der Waals surface area contributed by atoms with E-state index < -0.39 is 0 Å². The van der Waals surface area contributed by atoms with Gasteiger partial charge in [-0.15, -0.1) is 0 Å². The zero-order valence-electron chi connectivity index (χ0n) is 10.5. The van der Waals surface area contributed by atoms with Crippen LogP contribution in [0.25, 0.3) is 0 Å². The van der Waals surface area contributed by atoms with E-state index in [0.29, 0.717) is 0 Å². The van der Waals surface area contributed by atoms with Crippen LogP contribution in [0.4, 0.5) is 0 Å². The summed E-state index contributed by atoms with van der Waals surface area (Å²) in [7, 11) is 1.62. The fraction of sp³-hybridized carbons (Fsp3) is 0.500. The van der Waals surface area contributed by atoms with Gasteiger partial charge in [0.25, 0.3) is 5.91 Å². The van der Waals surface area contributed by atoms with Gasteiger partial charge in [0.2, 0.25) is 5.91 Å². The molecule has 1 rings (SSSR count). The van der Waals surface area contributed by atoms with Crippen LogP contribution in [-0.2, 0) is 4.79 Å². The van der Waals surface area contributed by atoms with Crippen molar-refractivity contribution in [3.63, 3.8) is 0 Å². The van der Waals surface area contributed by atoms with Crippen molar-refractivity contribution in [2.45, 2.75) is 19.4 Å². The van der Waals surface area contributed by atoms with Crippen molar-refractivity contribution >= 4 is 11.8 Å². The van der Waals surface area contributed by atoms with E-state index in [1.807, 2.05) is 0 Å². The molecule has 1 heterocycles. The number of hydrogen-bond donors (Lipinski definition) is 2. The van der Waals surface area contributed by atoms with Gasteiger partial charge in [-0.1, -0.05) is 0 Å². The maximum absolute atomic E-state index is 11.7. The topological polar surface area (TPSA) is 82.8 Å². The average Bonchev–Trinajstić information content (AvgIpc) is 2.90. The van der Waals surface area contributed by atoms with Crippen molar-refractivity contribution in [1.29, 1.82) is 0 Å². The maximum Gasteiger partial charge on any atom is 0.286 e. The van der Waals surface area contributed by atoms with Crippen LogP contribution in [0.15, 0.2) is 22.8 Å². The highest BCUT2D eigenvalue weighted by Crippen LogP contribution is 2.00. The molecule has 1 atom stereocenters. The van der Waals surface area contributed by atoms with Gasteiger partial charge in [0.1, 0.15) is 0 Å². The molecule has 0 aliphatic rings. The quantitative estimate of drug-likeness (QED) is 0.761. The number of amides is 2. The van der Waals surface area contributed by atoms with Gasteiger partial charge in [0.15, 0.2) is 5.76 Å². The number of carbonyl (C=O) groups is 2. The Kier molecular flexibility index (Phi) is 5.38. The Morgan fingerprint density at radius 2 is 2.28 bits per heavy atom. The highest BCUT2D eigenvalue weighted by molar-refractivity contribution is 5.91. The summed E-state index contributed by atoms with van der Waals surface area (Å²) in [5.74, 6) is -0.249. The van der Waals surface area contributed by atoms with Crippen LogP contribution in [0.1, 0.15) is 23.9 Å². The SMILES string of the molecule is CC(CO)N(C)C(=O)CCNC(=O)c1ccco1. The van der Waals surface area contributed by atoms with Crippen molar-refractivity contribution in [2.75, 3.05) is 20.2 Å². The fourth-order valence-corrected chi connectivity index (χ4v) is 1.32. The first-order valence-electron chi connectivity index (χ1n) is 5.74. The van der Waals surface area contributed by atoms with Crippen LogP contribution in [0, 0.1) is 0 Å². The first-order valence-corrected chi connectivity index (χ1v) is 5.74. The normalized spacial score (nSPS) is 11.9. The van der Waals surface area contributed by atoms with Crippen LogP contribution < -0.4 is 5.32 Å². The molecule has 1 unspecified atom stereocenters. The number of furan rings is 1. The van der Waals surface area contributed by atoms with Crippen molar-refractivity contribution in [3.05, 3.63) is 24.2 Å². The lowest BCUT2D eigenvalue weighted by molar-refractivity contribution is -0.132. The molecular weight excluding hydrogens is 236 g/mol. The Bertz CT molecular complexity index is 389. The van der Waals surface area contributed by atoms with E-state index >= 15 is 0 Å². The lowest BCUT2D eigenvalue weighted by Crippen LogP contribution is -2.39. The van der Waals surface area contributed by atoms with Gasteiger partial charge in [-0.05, 0) is 19.1 Å². The van der Waals surface area contributed by atoms with Crippen LogP contribution in [-0.4, -0.2) is 48.1 Å². The summed E-state index contributed by atoms with van der Waals surface area (Å²) in [6.07, 6.45) is 1.60. The molecule has 0 aromatic carbocycles. The van der Waals surface area contributed by atoms with Crippen LogP contribution in [0.2, 0.25) is 0 Å². The third-order valence-electron chi connectivity index (χ3n) is 2.69. The summed E-state index contributed by atoms with van der Waals surface area (Å²) in [5, 5.41) is 11.5. The summed E-state index contributed by atoms with van der Waals surface area (Å²) < 4.78 is 4.92. The van der Waals surface area contributed by atoms with E-state index in [4.69, 9.17) is 9.52 Å². The van der Waals surface area contributed by atoms with Crippen molar-refractivity contribution < 1.29 is 19.1 Å². The minimum atomic E-state index is -0.342. The van der Waals surface area contributed by atoms with Gasteiger partial charge in [-0.2, -0.15) is 0 Å². The molecule has 100 valence electrons. The van der Waals surface area contributed by atoms with E-state index in [0.717, 1.165) is 0 Å². The molecule has 1 aromatic rings. The van der Waals surface area contributed by atoms with Crippen molar-refractivity contribution in [3.8, 4) is 0 Å². The number of hydrogen-bond acceptors (Lipinski definition) is 4. The van der Waals surface area contributed by atoms with E-state index in [2.05, 4.69) is 5.32 Å². The molecule has 2 amide bonds. The van der Waals surface area contributed by atoms with Crippen molar-refractivity contribution in [2.24, 2.45) is 0 Å². The minimum Gasteiger partial charge on any atom is -0.459 e. The molecule has 0 aliphatic carbocycles. The smallest absolute Gasteiger partial charge is 0.286 e. The highest BCUT2D eigenvalue weighted by atomic mass is 16.3. The van der Waals surface area contributed by atoms with Crippen LogP contribution in [0.5, 0.6) is 0 Å². The molecule has 0 spiro atoms. The van der Waals surface area contributed by atoms with Gasteiger partial charge >= 0.3 is 0 Å². The standard InChI is InChI=1S/C12H18N2O4/c1-9(8-15)14(2)11(16)5-6-13-12(17)10-4-3-7-18-10/h3-4,7,9,15H,5-6,8H2,1-2H3,(H,13,17). The van der Waals surface area contributed by atoms with Crippen LogP contribution in [0.3, 0.4) is 0 Å². The maximum atomic E-state index is 11.7. The summed E-state index contributed by atoms with van der Waals surface area (Å²) in [6, 6.07) is 2.95. The molecule has 0 bridgehead atoms. The highest BCUT2D eigenvalue weighted by Gasteiger charge is 2.15. The second-order valence-electron chi connectivity index (χ2n) is 4.02. The monoisotopic (exact) mass is 254 g/mol. The third kappa shape index (κ3) is 3.89. The van der Waals surface area contributed by atoms with Gasteiger partial charge in [-0.25, -0.2) is 0 Å². The Morgan fingerprint density at radius 1 is 1.56 bits per heavy atom. The molecule has 6 heteroatoms. The van der Waals surface area contributed by atoms with Crippen LogP contribution >= 0.6 is 0 Å². The Morgan fingerprint density at radius 3 is 2.83 bits per heavy atom. The first kappa shape index (κ1) is 14.2. The summed E-state index contributed by atoms with van der Waals surface area (Å²) in [6.45, 7) is 1.90. The number of likely N-dealkylation sites (N-methyl/N-ethyl adjacent to an activating group) is 1. The van der Waals surface area contributed by atoms with Gasteiger partial charge < -0.3 is 19.7 Å². The second-order valence-corrected chi connectivity index (χ2v) is 4.02. The van der Waals surface area contributed by atoms with Crippen molar-refractivity contribution in [1.82, 2.24) is 10.2 Å². The summed E-state index contributed by atoms with van der Waals surface area (Å²) >= 11 is 0. The summed E-state index contributed by atoms with van der Waals surface area (Å²) in [4.78, 5) is 24.6. The van der Waals surface area contributed by atoms with E-state index in [1.165, 1.54) is 11.2 Å². The second kappa shape index (κ2) is 6.80. The minimum absolute atomic E-state index is 0.0823. The zero-order chi connectivity index (χ0) is 13.5. The van der Waals surface area contributed by atoms with Gasteiger partial charge in [-0.3, -0.25) is 9.59 Å². The number of nitrogens with one attached hydrogen (secondary N) is 1. The molecular formula is C12H18N2O4. The molecule has 6 nitrogen and oxygen atoms in total. The zero-order valence-corrected chi connectivity index (χ0v) is 10.5. The van der Waals surface area contributed by atoms with E-state index in [-0.39, 0.29) is 43.2 Å². The molecule has 0 radical (unpaired) electrons. The Hall–Kier alpha value is -1.82. The van der Waals surface area contributed by atoms with E-state index in [1.54, 1.807) is 26.1 Å². The number of aliphatic hydroxyl groups excluding tert-OH is 1. The first-order chi connectivity index (χ1) is 8.56. The number of rotatable bonds is 6. The predicted molar refractivity (Wildman–Crippen MR) is 65.0 cm³/mol. The lowest BCUT2D eigenvalue weighted by Gasteiger charge is -2.23. The fourth-order valence-electron chi connectivity index (χ4n) is 1.32. The molecule has 0 fully saturated rings. The molecule has 2 N–H and O–H groups in total. The molecule has 0 saturated heterocycles. The van der Waals surface area contributed by atoms with Gasteiger partial charge in [0, 0.05) is 20.0 Å². The number of carbonyl (C=O) groups excluding carboxylic acids is 2. The third-order valence-corrected chi connectivity index (χ3v) is 2.69. The number of nitrogens with zero attached hydrogens (tertiary/aromatic N) is 1. The lowest BCUT2D eigenvalue weighted by atomic mass is 10.2. The largest absolute Gasteiger partial charge is 0.459 e.